The lowest BCUT2D eigenvalue weighted by molar-refractivity contribution is -0.119. The summed E-state index contributed by atoms with van der Waals surface area (Å²) in [5, 5.41) is 12.4. The third-order valence-electron chi connectivity index (χ3n) is 4.97. The molecule has 156 valence electrons. The Morgan fingerprint density at radius 3 is 2.66 bits per heavy atom. The lowest BCUT2D eigenvalue weighted by Gasteiger charge is -2.22. The zero-order chi connectivity index (χ0) is 20.6. The Morgan fingerprint density at radius 1 is 1.24 bits per heavy atom. The van der Waals surface area contributed by atoms with Crippen LogP contribution in [-0.4, -0.2) is 32.5 Å². The van der Waals surface area contributed by atoms with E-state index in [0.29, 0.717) is 30.1 Å². The van der Waals surface area contributed by atoms with Gasteiger partial charge in [-0.1, -0.05) is 43.2 Å². The summed E-state index contributed by atoms with van der Waals surface area (Å²) >= 11 is 1.41. The molecule has 1 amide bonds. The molecule has 0 radical (unpaired) electrons. The standard InChI is InChI=1S/C22H30N4O2S/c1-4-10-26-20(14-28-19-12-16(2)11-17(3)13-19)24-25-22(26)29-15-21(27)23-18-8-6-5-7-9-18/h4,11-13,18H,1,5-10,14-15H2,2-3H3,(H,23,27). The van der Waals surface area contributed by atoms with Gasteiger partial charge in [0.05, 0.1) is 5.75 Å². The van der Waals surface area contributed by atoms with Crippen LogP contribution in [0.5, 0.6) is 5.75 Å². The van der Waals surface area contributed by atoms with E-state index in [1.54, 1.807) is 6.08 Å². The number of thioether (sulfide) groups is 1. The number of rotatable bonds is 9. The van der Waals surface area contributed by atoms with Gasteiger partial charge in [0.15, 0.2) is 11.0 Å². The van der Waals surface area contributed by atoms with Crippen molar-refractivity contribution >= 4 is 17.7 Å². The topological polar surface area (TPSA) is 69.0 Å². The van der Waals surface area contributed by atoms with Gasteiger partial charge >= 0.3 is 0 Å². The Balaban J connectivity index is 1.58. The maximum Gasteiger partial charge on any atom is 0.230 e. The van der Waals surface area contributed by atoms with Crippen molar-refractivity contribution in [2.45, 2.75) is 70.3 Å². The molecule has 1 N–H and O–H groups in total. The molecule has 1 heterocycles. The average Bonchev–Trinajstić information content (AvgIpc) is 3.07. The molecule has 1 aliphatic rings. The molecule has 2 aromatic rings. The van der Waals surface area contributed by atoms with Crippen molar-refractivity contribution in [3.05, 3.63) is 47.8 Å². The summed E-state index contributed by atoms with van der Waals surface area (Å²) in [4.78, 5) is 12.3. The van der Waals surface area contributed by atoms with Crippen LogP contribution in [0, 0.1) is 13.8 Å². The molecule has 1 aliphatic carbocycles. The smallest absolute Gasteiger partial charge is 0.230 e. The van der Waals surface area contributed by atoms with E-state index in [1.807, 2.05) is 30.5 Å². The van der Waals surface area contributed by atoms with Gasteiger partial charge in [-0.05, 0) is 49.9 Å². The molecule has 1 fully saturated rings. The van der Waals surface area contributed by atoms with E-state index in [4.69, 9.17) is 4.74 Å². The van der Waals surface area contributed by atoms with Crippen LogP contribution in [0.25, 0.3) is 0 Å². The molecule has 6 nitrogen and oxygen atoms in total. The Morgan fingerprint density at radius 2 is 1.97 bits per heavy atom. The van der Waals surface area contributed by atoms with E-state index < -0.39 is 0 Å². The largest absolute Gasteiger partial charge is 0.486 e. The Kier molecular flexibility index (Phi) is 7.75. The molecule has 0 atom stereocenters. The molecule has 7 heteroatoms. The monoisotopic (exact) mass is 414 g/mol. The lowest BCUT2D eigenvalue weighted by Crippen LogP contribution is -2.37. The fourth-order valence-corrected chi connectivity index (χ4v) is 4.43. The summed E-state index contributed by atoms with van der Waals surface area (Å²) in [6, 6.07) is 6.45. The number of carbonyl (C=O) groups excluding carboxylic acids is 1. The van der Waals surface area contributed by atoms with Crippen LogP contribution in [-0.2, 0) is 17.9 Å². The first kappa shape index (κ1) is 21.4. The summed E-state index contributed by atoms with van der Waals surface area (Å²) < 4.78 is 7.89. The summed E-state index contributed by atoms with van der Waals surface area (Å²) in [5.41, 5.74) is 2.32. The highest BCUT2D eigenvalue weighted by Gasteiger charge is 2.18. The minimum atomic E-state index is 0.0584. The fourth-order valence-electron chi connectivity index (χ4n) is 3.66. The van der Waals surface area contributed by atoms with Crippen molar-refractivity contribution < 1.29 is 9.53 Å². The fraction of sp³-hybridized carbons (Fsp3) is 0.500. The van der Waals surface area contributed by atoms with E-state index >= 15 is 0 Å². The number of hydrogen-bond donors (Lipinski definition) is 1. The second-order valence-electron chi connectivity index (χ2n) is 7.60. The predicted octanol–water partition coefficient (Wildman–Crippen LogP) is 4.20. The highest BCUT2D eigenvalue weighted by atomic mass is 32.2. The quantitative estimate of drug-likeness (QED) is 0.492. The maximum absolute atomic E-state index is 12.3. The normalized spacial score (nSPS) is 14.6. The summed E-state index contributed by atoms with van der Waals surface area (Å²) in [5.74, 6) is 1.93. The van der Waals surface area contributed by atoms with E-state index in [0.717, 1.165) is 35.5 Å². The van der Waals surface area contributed by atoms with Crippen molar-refractivity contribution in [1.82, 2.24) is 20.1 Å². The molecule has 0 bridgehead atoms. The van der Waals surface area contributed by atoms with Crippen LogP contribution in [0.4, 0.5) is 0 Å². The van der Waals surface area contributed by atoms with Gasteiger partial charge in [0, 0.05) is 12.6 Å². The van der Waals surface area contributed by atoms with E-state index in [2.05, 4.69) is 28.2 Å². The minimum Gasteiger partial charge on any atom is -0.486 e. The number of ether oxygens (including phenoxy) is 1. The Hall–Kier alpha value is -2.28. The zero-order valence-electron chi connectivity index (χ0n) is 17.3. The molecule has 0 unspecified atom stereocenters. The highest BCUT2D eigenvalue weighted by molar-refractivity contribution is 7.99. The van der Waals surface area contributed by atoms with E-state index in [9.17, 15) is 4.79 Å². The van der Waals surface area contributed by atoms with Gasteiger partial charge in [0.25, 0.3) is 0 Å². The van der Waals surface area contributed by atoms with Crippen molar-refractivity contribution in [2.75, 3.05) is 5.75 Å². The lowest BCUT2D eigenvalue weighted by atomic mass is 9.95. The van der Waals surface area contributed by atoms with Crippen LogP contribution in [0.2, 0.25) is 0 Å². The van der Waals surface area contributed by atoms with Crippen molar-refractivity contribution in [2.24, 2.45) is 0 Å². The predicted molar refractivity (Wildman–Crippen MR) is 116 cm³/mol. The Labute approximate surface area is 177 Å². The summed E-state index contributed by atoms with van der Waals surface area (Å²) in [6.45, 7) is 8.82. The summed E-state index contributed by atoms with van der Waals surface area (Å²) in [6.07, 6.45) is 7.66. The summed E-state index contributed by atoms with van der Waals surface area (Å²) in [7, 11) is 0. The van der Waals surface area contributed by atoms with Crippen molar-refractivity contribution in [1.29, 1.82) is 0 Å². The van der Waals surface area contributed by atoms with Crippen molar-refractivity contribution in [3.63, 3.8) is 0 Å². The van der Waals surface area contributed by atoms with Crippen LogP contribution in [0.1, 0.15) is 49.1 Å². The Bertz CT molecular complexity index is 823. The number of amides is 1. The first-order valence-electron chi connectivity index (χ1n) is 10.2. The van der Waals surface area contributed by atoms with Gasteiger partial charge in [-0.2, -0.15) is 0 Å². The molecular weight excluding hydrogens is 384 g/mol. The number of aryl methyl sites for hydroxylation is 2. The van der Waals surface area contributed by atoms with Gasteiger partial charge in [-0.3, -0.25) is 9.36 Å². The number of nitrogens with one attached hydrogen (secondary N) is 1. The second kappa shape index (κ2) is 10.5. The van der Waals surface area contributed by atoms with Crippen LogP contribution >= 0.6 is 11.8 Å². The second-order valence-corrected chi connectivity index (χ2v) is 8.54. The van der Waals surface area contributed by atoms with Gasteiger partial charge in [-0.25, -0.2) is 0 Å². The van der Waals surface area contributed by atoms with E-state index in [1.165, 1.54) is 31.0 Å². The van der Waals surface area contributed by atoms with Gasteiger partial charge < -0.3 is 10.1 Å². The number of nitrogens with zero attached hydrogens (tertiary/aromatic N) is 3. The van der Waals surface area contributed by atoms with Crippen molar-refractivity contribution in [3.8, 4) is 5.75 Å². The third kappa shape index (κ3) is 6.35. The highest BCUT2D eigenvalue weighted by Crippen LogP contribution is 2.21. The number of hydrogen-bond acceptors (Lipinski definition) is 5. The van der Waals surface area contributed by atoms with Gasteiger partial charge in [-0.15, -0.1) is 16.8 Å². The molecule has 1 aromatic heterocycles. The zero-order valence-corrected chi connectivity index (χ0v) is 18.1. The number of allylic oxidation sites excluding steroid dienone is 1. The van der Waals surface area contributed by atoms with Gasteiger partial charge in [0.1, 0.15) is 12.4 Å². The first-order chi connectivity index (χ1) is 14.0. The molecule has 0 saturated heterocycles. The number of benzene rings is 1. The van der Waals surface area contributed by atoms with E-state index in [-0.39, 0.29) is 5.91 Å². The van der Waals surface area contributed by atoms with Crippen LogP contribution in [0.15, 0.2) is 36.0 Å². The van der Waals surface area contributed by atoms with Gasteiger partial charge in [0.2, 0.25) is 5.91 Å². The minimum absolute atomic E-state index is 0.0584. The molecule has 29 heavy (non-hydrogen) atoms. The molecule has 0 aliphatic heterocycles. The van der Waals surface area contributed by atoms with Crippen LogP contribution < -0.4 is 10.1 Å². The molecular formula is C22H30N4O2S. The SMILES string of the molecule is C=CCn1c(COc2cc(C)cc(C)c2)nnc1SCC(=O)NC1CCCCC1. The third-order valence-corrected chi connectivity index (χ3v) is 5.94. The number of aromatic nitrogens is 3. The maximum atomic E-state index is 12.3. The van der Waals surface area contributed by atoms with Crippen LogP contribution in [0.3, 0.4) is 0 Å². The molecule has 1 saturated carbocycles. The first-order valence-corrected chi connectivity index (χ1v) is 11.2. The molecule has 1 aromatic carbocycles. The molecule has 0 spiro atoms. The number of carbonyl (C=O) groups is 1. The molecule has 3 rings (SSSR count). The average molecular weight is 415 g/mol.